The molecule has 2 heterocycles. The second-order valence-electron chi connectivity index (χ2n) is 8.92. The van der Waals surface area contributed by atoms with Crippen LogP contribution in [0, 0.1) is 0 Å². The van der Waals surface area contributed by atoms with Gasteiger partial charge in [0.15, 0.2) is 17.8 Å². The number of fused-ring (bicyclic) bond motifs is 5. The van der Waals surface area contributed by atoms with E-state index in [2.05, 4.69) is 16.7 Å². The normalized spacial score (nSPS) is 14.0. The fourth-order valence-corrected chi connectivity index (χ4v) is 4.68. The summed E-state index contributed by atoms with van der Waals surface area (Å²) in [4.78, 5) is 12.1. The molecule has 0 unspecified atom stereocenters. The van der Waals surface area contributed by atoms with Gasteiger partial charge in [-0.3, -0.25) is 4.79 Å². The van der Waals surface area contributed by atoms with Gasteiger partial charge in [0.2, 0.25) is 0 Å². The van der Waals surface area contributed by atoms with Crippen LogP contribution in [0.25, 0.3) is 27.9 Å². The predicted molar refractivity (Wildman–Crippen MR) is 134 cm³/mol. The molecule has 0 radical (unpaired) electrons. The number of benzene rings is 3. The average Bonchev–Trinajstić information content (AvgIpc) is 3.14. The van der Waals surface area contributed by atoms with Crippen molar-refractivity contribution in [3.8, 4) is 23.0 Å². The summed E-state index contributed by atoms with van der Waals surface area (Å²) in [5.41, 5.74) is 3.95. The van der Waals surface area contributed by atoms with E-state index in [0.29, 0.717) is 29.4 Å². The lowest BCUT2D eigenvalue weighted by atomic mass is 9.97. The third-order valence-electron chi connectivity index (χ3n) is 6.29. The molecule has 0 atom stereocenters. The number of aromatic nitrogens is 1. The second kappa shape index (κ2) is 8.13. The fourth-order valence-electron chi connectivity index (χ4n) is 4.68. The first kappa shape index (κ1) is 21.9. The van der Waals surface area contributed by atoms with Gasteiger partial charge in [0.05, 0.1) is 37.9 Å². The van der Waals surface area contributed by atoms with Crippen LogP contribution in [0.4, 0.5) is 0 Å². The standard InChI is InChI=1S/C28H27NO5/c1-28(2)10-9-20-26-22(12-18(16-30)27(20)34-28)21-13-24(32-4)25(33-5)14-23(21)29(26)15-17-7-6-8-19(11-17)31-3/h6-14,16H,15H2,1-5H3. The maximum Gasteiger partial charge on any atom is 0.162 e. The molecular weight excluding hydrogens is 430 g/mol. The molecule has 6 nitrogen and oxygen atoms in total. The Morgan fingerprint density at radius 2 is 1.74 bits per heavy atom. The van der Waals surface area contributed by atoms with Gasteiger partial charge in [-0.05, 0) is 55.8 Å². The molecule has 0 saturated carbocycles. The summed E-state index contributed by atoms with van der Waals surface area (Å²) in [6.45, 7) is 4.55. The third kappa shape index (κ3) is 3.46. The van der Waals surface area contributed by atoms with Crippen LogP contribution < -0.4 is 18.9 Å². The largest absolute Gasteiger partial charge is 0.497 e. The molecule has 1 aliphatic heterocycles. The number of hydrogen-bond donors (Lipinski definition) is 0. The number of rotatable bonds is 6. The number of methoxy groups -OCH3 is 3. The Hall–Kier alpha value is -3.93. The molecule has 0 bridgehead atoms. The number of carbonyl (C=O) groups excluding carboxylic acids is 1. The van der Waals surface area contributed by atoms with Gasteiger partial charge in [0.1, 0.15) is 17.1 Å². The first-order valence-corrected chi connectivity index (χ1v) is 11.1. The summed E-state index contributed by atoms with van der Waals surface area (Å²) in [6, 6.07) is 13.9. The van der Waals surface area contributed by atoms with E-state index < -0.39 is 5.60 Å². The highest BCUT2D eigenvalue weighted by Crippen LogP contribution is 2.45. The molecule has 0 N–H and O–H groups in total. The molecule has 0 spiro atoms. The van der Waals surface area contributed by atoms with Gasteiger partial charge in [0.25, 0.3) is 0 Å². The van der Waals surface area contributed by atoms with Gasteiger partial charge in [-0.15, -0.1) is 0 Å². The van der Waals surface area contributed by atoms with Crippen molar-refractivity contribution in [1.29, 1.82) is 0 Å². The first-order valence-electron chi connectivity index (χ1n) is 11.1. The maximum absolute atomic E-state index is 12.1. The van der Waals surface area contributed by atoms with Gasteiger partial charge in [-0.2, -0.15) is 0 Å². The van der Waals surface area contributed by atoms with Crippen LogP contribution in [0.1, 0.15) is 35.3 Å². The topological polar surface area (TPSA) is 58.9 Å². The van der Waals surface area contributed by atoms with Gasteiger partial charge in [-0.25, -0.2) is 0 Å². The van der Waals surface area contributed by atoms with Crippen LogP contribution in [-0.4, -0.2) is 37.8 Å². The Kier molecular flexibility index (Phi) is 5.24. The molecule has 34 heavy (non-hydrogen) atoms. The second-order valence-corrected chi connectivity index (χ2v) is 8.92. The summed E-state index contributed by atoms with van der Waals surface area (Å²) in [5, 5.41) is 1.92. The molecule has 174 valence electrons. The zero-order chi connectivity index (χ0) is 24.0. The highest BCUT2D eigenvalue weighted by Gasteiger charge is 2.28. The molecule has 0 fully saturated rings. The molecule has 5 rings (SSSR count). The van der Waals surface area contributed by atoms with Crippen LogP contribution in [0.2, 0.25) is 0 Å². The van der Waals surface area contributed by atoms with Crippen molar-refractivity contribution in [2.45, 2.75) is 26.0 Å². The van der Waals surface area contributed by atoms with E-state index in [1.807, 2.05) is 56.3 Å². The Bertz CT molecular complexity index is 1460. The van der Waals surface area contributed by atoms with Crippen LogP contribution >= 0.6 is 0 Å². The fraction of sp³-hybridized carbons (Fsp3) is 0.250. The average molecular weight is 458 g/mol. The van der Waals surface area contributed by atoms with E-state index >= 15 is 0 Å². The quantitative estimate of drug-likeness (QED) is 0.339. The highest BCUT2D eigenvalue weighted by atomic mass is 16.5. The van der Waals surface area contributed by atoms with Gasteiger partial charge in [-0.1, -0.05) is 12.1 Å². The molecule has 1 aliphatic rings. The lowest BCUT2D eigenvalue weighted by Gasteiger charge is -2.29. The summed E-state index contributed by atoms with van der Waals surface area (Å²) in [6.07, 6.45) is 4.95. The number of nitrogens with zero attached hydrogens (tertiary/aromatic N) is 1. The zero-order valence-corrected chi connectivity index (χ0v) is 20.0. The lowest BCUT2D eigenvalue weighted by molar-refractivity contribution is 0.110. The van der Waals surface area contributed by atoms with Crippen molar-refractivity contribution < 1.29 is 23.7 Å². The molecule has 1 aromatic heterocycles. The van der Waals surface area contributed by atoms with Gasteiger partial charge < -0.3 is 23.5 Å². The van der Waals surface area contributed by atoms with Crippen molar-refractivity contribution in [1.82, 2.24) is 4.57 Å². The monoisotopic (exact) mass is 457 g/mol. The van der Waals surface area contributed by atoms with E-state index in [1.54, 1.807) is 21.3 Å². The molecule has 0 saturated heterocycles. The van der Waals surface area contributed by atoms with Crippen LogP contribution in [0.15, 0.2) is 48.5 Å². The lowest BCUT2D eigenvalue weighted by Crippen LogP contribution is -2.28. The predicted octanol–water partition coefficient (Wildman–Crippen LogP) is 5.87. The third-order valence-corrected chi connectivity index (χ3v) is 6.29. The number of aldehydes is 1. The molecule has 3 aromatic carbocycles. The van der Waals surface area contributed by atoms with Crippen molar-refractivity contribution in [2.24, 2.45) is 0 Å². The number of carbonyl (C=O) groups is 1. The van der Waals surface area contributed by atoms with E-state index in [1.165, 1.54) is 0 Å². The Labute approximate surface area is 198 Å². The number of hydrogen-bond acceptors (Lipinski definition) is 5. The van der Waals surface area contributed by atoms with E-state index in [-0.39, 0.29) is 0 Å². The van der Waals surface area contributed by atoms with Gasteiger partial charge in [0, 0.05) is 28.9 Å². The highest BCUT2D eigenvalue weighted by molar-refractivity contribution is 6.14. The van der Waals surface area contributed by atoms with Crippen molar-refractivity contribution in [3.05, 3.63) is 65.2 Å². The van der Waals surface area contributed by atoms with Crippen LogP contribution in [0.3, 0.4) is 0 Å². The molecule has 6 heteroatoms. The van der Waals surface area contributed by atoms with Crippen LogP contribution in [0.5, 0.6) is 23.0 Å². The minimum absolute atomic E-state index is 0.505. The zero-order valence-electron chi connectivity index (χ0n) is 20.0. The van der Waals surface area contributed by atoms with Crippen LogP contribution in [-0.2, 0) is 6.54 Å². The Morgan fingerprint density at radius 1 is 0.971 bits per heavy atom. The van der Waals surface area contributed by atoms with Crippen molar-refractivity contribution >= 4 is 34.2 Å². The van der Waals surface area contributed by atoms with E-state index in [4.69, 9.17) is 18.9 Å². The Balaban J connectivity index is 1.89. The first-order chi connectivity index (χ1) is 16.4. The summed E-state index contributed by atoms with van der Waals surface area (Å²) < 4.78 is 25.2. The molecule has 0 amide bonds. The maximum atomic E-state index is 12.1. The summed E-state index contributed by atoms with van der Waals surface area (Å²) in [7, 11) is 4.91. The van der Waals surface area contributed by atoms with Gasteiger partial charge >= 0.3 is 0 Å². The molecular formula is C28H27NO5. The van der Waals surface area contributed by atoms with E-state index in [9.17, 15) is 4.79 Å². The summed E-state index contributed by atoms with van der Waals surface area (Å²) >= 11 is 0. The minimum atomic E-state index is -0.505. The minimum Gasteiger partial charge on any atom is -0.497 e. The van der Waals surface area contributed by atoms with Crippen molar-refractivity contribution in [2.75, 3.05) is 21.3 Å². The molecule has 0 aliphatic carbocycles. The van der Waals surface area contributed by atoms with Crippen molar-refractivity contribution in [3.63, 3.8) is 0 Å². The summed E-state index contributed by atoms with van der Waals surface area (Å²) in [5.74, 6) is 2.67. The number of ether oxygens (including phenoxy) is 4. The Morgan fingerprint density at radius 3 is 2.44 bits per heavy atom. The van der Waals surface area contributed by atoms with E-state index in [0.717, 1.165) is 45.0 Å². The SMILES string of the molecule is COc1cccc(Cn2c3cc(OC)c(OC)cc3c3cc(C=O)c4c(c32)C=CC(C)(C)O4)c1. The molecule has 4 aromatic rings. The smallest absolute Gasteiger partial charge is 0.162 e.